The summed E-state index contributed by atoms with van der Waals surface area (Å²) in [5, 5.41) is 3.17. The predicted molar refractivity (Wildman–Crippen MR) is 70.9 cm³/mol. The van der Waals surface area contributed by atoms with E-state index < -0.39 is 5.54 Å². The van der Waals surface area contributed by atoms with Gasteiger partial charge in [0.25, 0.3) is 0 Å². The molecule has 0 bridgehead atoms. The Hall–Kier alpha value is -0.650. The quantitative estimate of drug-likeness (QED) is 0.703. The number of hydrogen-bond acceptors (Lipinski definition) is 5. The fourth-order valence-corrected chi connectivity index (χ4v) is 2.65. The van der Waals surface area contributed by atoms with E-state index in [1.807, 2.05) is 14.0 Å². The van der Waals surface area contributed by atoms with Crippen molar-refractivity contribution in [2.24, 2.45) is 5.92 Å². The van der Waals surface area contributed by atoms with Gasteiger partial charge < -0.3 is 19.5 Å². The highest BCUT2D eigenvalue weighted by Crippen LogP contribution is 2.41. The van der Waals surface area contributed by atoms with Crippen molar-refractivity contribution >= 4 is 5.97 Å². The molecule has 0 aromatic rings. The molecular formula is C14H25NO4. The minimum absolute atomic E-state index is 0.174. The van der Waals surface area contributed by atoms with E-state index in [0.717, 1.165) is 38.9 Å². The molecule has 1 N–H and O–H groups in total. The van der Waals surface area contributed by atoms with E-state index >= 15 is 0 Å². The van der Waals surface area contributed by atoms with Gasteiger partial charge in [0.2, 0.25) is 0 Å². The molecule has 1 heterocycles. The summed E-state index contributed by atoms with van der Waals surface area (Å²) in [5.74, 6) is 0.170. The molecule has 0 amide bonds. The minimum atomic E-state index is -0.658. The molecule has 5 nitrogen and oxygen atoms in total. The van der Waals surface area contributed by atoms with Crippen molar-refractivity contribution in [2.75, 3.05) is 33.5 Å². The third-order valence-electron chi connectivity index (χ3n) is 4.08. The Bertz CT molecular complexity index is 300. The van der Waals surface area contributed by atoms with Crippen LogP contribution < -0.4 is 5.32 Å². The Morgan fingerprint density at radius 3 is 2.53 bits per heavy atom. The first-order valence-electron chi connectivity index (χ1n) is 7.28. The maximum Gasteiger partial charge on any atom is 0.329 e. The van der Waals surface area contributed by atoms with Crippen LogP contribution in [-0.2, 0) is 19.0 Å². The lowest BCUT2D eigenvalue weighted by molar-refractivity contribution is -0.157. The van der Waals surface area contributed by atoms with E-state index in [1.165, 1.54) is 0 Å². The maximum absolute atomic E-state index is 12.3. The summed E-state index contributed by atoms with van der Waals surface area (Å²) in [6.07, 6.45) is 4.16. The Labute approximate surface area is 115 Å². The fourth-order valence-electron chi connectivity index (χ4n) is 2.65. The number of likely N-dealkylation sites (N-methyl/N-ethyl adjacent to an activating group) is 1. The highest BCUT2D eigenvalue weighted by Gasteiger charge is 2.51. The Balaban J connectivity index is 1.94. The van der Waals surface area contributed by atoms with E-state index in [4.69, 9.17) is 14.2 Å². The van der Waals surface area contributed by atoms with Gasteiger partial charge in [-0.2, -0.15) is 0 Å². The normalized spacial score (nSPS) is 23.9. The van der Waals surface area contributed by atoms with Crippen LogP contribution in [0.15, 0.2) is 0 Å². The first-order chi connectivity index (χ1) is 9.23. The summed E-state index contributed by atoms with van der Waals surface area (Å²) in [6.45, 7) is 4.15. The molecule has 1 saturated carbocycles. The van der Waals surface area contributed by atoms with Crippen molar-refractivity contribution in [3.05, 3.63) is 0 Å². The van der Waals surface area contributed by atoms with Crippen LogP contribution in [0.2, 0.25) is 0 Å². The van der Waals surface area contributed by atoms with Gasteiger partial charge in [-0.05, 0) is 45.6 Å². The van der Waals surface area contributed by atoms with Gasteiger partial charge in [-0.1, -0.05) is 0 Å². The highest BCUT2D eigenvalue weighted by atomic mass is 16.5. The van der Waals surface area contributed by atoms with Crippen LogP contribution in [0.4, 0.5) is 0 Å². The zero-order valence-corrected chi connectivity index (χ0v) is 11.9. The minimum Gasteiger partial charge on any atom is -0.465 e. The van der Waals surface area contributed by atoms with Crippen molar-refractivity contribution in [1.29, 1.82) is 0 Å². The zero-order chi connectivity index (χ0) is 13.7. The van der Waals surface area contributed by atoms with Crippen LogP contribution in [0, 0.1) is 5.92 Å². The fraction of sp³-hybridized carbons (Fsp3) is 0.929. The summed E-state index contributed by atoms with van der Waals surface area (Å²) < 4.78 is 16.5. The second kappa shape index (κ2) is 6.68. The molecule has 2 fully saturated rings. The molecule has 1 atom stereocenters. The molecule has 2 aliphatic rings. The van der Waals surface area contributed by atoms with E-state index in [9.17, 15) is 4.79 Å². The summed E-state index contributed by atoms with van der Waals surface area (Å²) in [7, 11) is 1.82. The molecule has 2 rings (SSSR count). The number of rotatable bonds is 7. The Morgan fingerprint density at radius 2 is 2.00 bits per heavy atom. The summed E-state index contributed by atoms with van der Waals surface area (Å²) in [4.78, 5) is 12.3. The summed E-state index contributed by atoms with van der Waals surface area (Å²) >= 11 is 0. The van der Waals surface area contributed by atoms with Crippen LogP contribution in [-0.4, -0.2) is 51.1 Å². The number of carbonyl (C=O) groups excluding carboxylic acids is 1. The molecule has 19 heavy (non-hydrogen) atoms. The van der Waals surface area contributed by atoms with Crippen molar-refractivity contribution in [2.45, 2.75) is 44.2 Å². The van der Waals surface area contributed by atoms with E-state index in [0.29, 0.717) is 19.1 Å². The molecule has 1 saturated heterocycles. The van der Waals surface area contributed by atoms with Crippen LogP contribution >= 0.6 is 0 Å². The number of carbonyl (C=O) groups is 1. The first-order valence-corrected chi connectivity index (χ1v) is 7.28. The average molecular weight is 271 g/mol. The van der Waals surface area contributed by atoms with Crippen molar-refractivity contribution in [3.63, 3.8) is 0 Å². The first kappa shape index (κ1) is 14.8. The Morgan fingerprint density at radius 1 is 1.32 bits per heavy atom. The largest absolute Gasteiger partial charge is 0.465 e. The second-order valence-electron chi connectivity index (χ2n) is 5.34. The third-order valence-corrected chi connectivity index (χ3v) is 4.08. The van der Waals surface area contributed by atoms with Crippen LogP contribution in [0.3, 0.4) is 0 Å². The highest BCUT2D eigenvalue weighted by molar-refractivity contribution is 5.82. The van der Waals surface area contributed by atoms with Gasteiger partial charge in [-0.25, -0.2) is 4.79 Å². The maximum atomic E-state index is 12.3. The van der Waals surface area contributed by atoms with E-state index in [1.54, 1.807) is 0 Å². The lowest BCUT2D eigenvalue weighted by Gasteiger charge is -2.33. The topological polar surface area (TPSA) is 56.8 Å². The SMILES string of the molecule is CCOC(=O)C(COC1CCOCC1)(NC)C1CC1. The average Bonchev–Trinajstić information content (AvgIpc) is 3.27. The van der Waals surface area contributed by atoms with Gasteiger partial charge in [-0.15, -0.1) is 0 Å². The molecule has 1 aliphatic carbocycles. The smallest absolute Gasteiger partial charge is 0.329 e. The summed E-state index contributed by atoms with van der Waals surface area (Å²) in [6, 6.07) is 0. The van der Waals surface area contributed by atoms with Gasteiger partial charge in [-0.3, -0.25) is 0 Å². The van der Waals surface area contributed by atoms with Gasteiger partial charge in [0, 0.05) is 13.2 Å². The number of esters is 1. The van der Waals surface area contributed by atoms with Crippen LogP contribution in [0.5, 0.6) is 0 Å². The monoisotopic (exact) mass is 271 g/mol. The standard InChI is InChI=1S/C14H25NO4/c1-3-18-13(16)14(15-2,11-4-5-11)10-19-12-6-8-17-9-7-12/h11-12,15H,3-10H2,1-2H3. The van der Waals surface area contributed by atoms with Gasteiger partial charge in [0.15, 0.2) is 0 Å². The van der Waals surface area contributed by atoms with Crippen molar-refractivity contribution in [3.8, 4) is 0 Å². The lowest BCUT2D eigenvalue weighted by Crippen LogP contribution is -2.57. The van der Waals surface area contributed by atoms with Crippen molar-refractivity contribution in [1.82, 2.24) is 5.32 Å². The molecule has 0 aromatic heterocycles. The van der Waals surface area contributed by atoms with Gasteiger partial charge >= 0.3 is 5.97 Å². The number of nitrogens with one attached hydrogen (secondary N) is 1. The molecule has 1 aliphatic heterocycles. The van der Waals surface area contributed by atoms with Crippen LogP contribution in [0.25, 0.3) is 0 Å². The predicted octanol–water partition coefficient (Wildman–Crippen LogP) is 1.11. The molecule has 0 radical (unpaired) electrons. The molecular weight excluding hydrogens is 246 g/mol. The van der Waals surface area contributed by atoms with E-state index in [-0.39, 0.29) is 12.1 Å². The third kappa shape index (κ3) is 3.46. The van der Waals surface area contributed by atoms with Crippen molar-refractivity contribution < 1.29 is 19.0 Å². The molecule has 110 valence electrons. The lowest BCUT2D eigenvalue weighted by atomic mass is 9.94. The number of ether oxygens (including phenoxy) is 3. The second-order valence-corrected chi connectivity index (χ2v) is 5.34. The number of hydrogen-bond donors (Lipinski definition) is 1. The molecule has 5 heteroatoms. The molecule has 1 unspecified atom stereocenters. The van der Waals surface area contributed by atoms with Crippen LogP contribution in [0.1, 0.15) is 32.6 Å². The zero-order valence-electron chi connectivity index (χ0n) is 11.9. The van der Waals surface area contributed by atoms with Gasteiger partial charge in [0.05, 0.1) is 19.3 Å². The molecule has 0 spiro atoms. The van der Waals surface area contributed by atoms with E-state index in [2.05, 4.69) is 5.32 Å². The Kier molecular flexibility index (Phi) is 5.19. The summed E-state index contributed by atoms with van der Waals surface area (Å²) in [5.41, 5.74) is -0.658. The molecule has 0 aromatic carbocycles. The van der Waals surface area contributed by atoms with Gasteiger partial charge in [0.1, 0.15) is 5.54 Å².